The second kappa shape index (κ2) is 4.46. The lowest BCUT2D eigenvalue weighted by Gasteiger charge is -2.14. The van der Waals surface area contributed by atoms with Crippen molar-refractivity contribution in [1.29, 1.82) is 5.26 Å². The third-order valence-corrected chi connectivity index (χ3v) is 2.86. The molecule has 0 spiro atoms. The monoisotopic (exact) mass is 200 g/mol. The van der Waals surface area contributed by atoms with Crippen LogP contribution in [-0.4, -0.2) is 6.04 Å². The Morgan fingerprint density at radius 1 is 1.47 bits per heavy atom. The summed E-state index contributed by atoms with van der Waals surface area (Å²) in [5, 5.41) is 12.5. The molecule has 2 rings (SSSR count). The maximum Gasteiger partial charge on any atom is 0.121 e. The minimum Gasteiger partial charge on any atom is -0.295 e. The molecule has 1 atom stereocenters. The highest BCUT2D eigenvalue weighted by atomic mass is 15.0. The molecule has 2 nitrogen and oxygen atoms in total. The van der Waals surface area contributed by atoms with Crippen molar-refractivity contribution in [3.05, 3.63) is 35.4 Å². The molecular weight excluding hydrogens is 184 g/mol. The molecule has 1 aromatic rings. The van der Waals surface area contributed by atoms with E-state index in [1.807, 2.05) is 12.1 Å². The molecule has 1 unspecified atom stereocenters. The molecule has 78 valence electrons. The molecule has 0 aromatic heterocycles. The van der Waals surface area contributed by atoms with Crippen LogP contribution in [0.25, 0.3) is 0 Å². The maximum atomic E-state index is 9.16. The summed E-state index contributed by atoms with van der Waals surface area (Å²) in [6.45, 7) is 2.13. The van der Waals surface area contributed by atoms with Crippen molar-refractivity contribution >= 4 is 0 Å². The van der Waals surface area contributed by atoms with Crippen LogP contribution in [-0.2, 0) is 6.42 Å². The van der Waals surface area contributed by atoms with Gasteiger partial charge in [-0.25, -0.2) is 0 Å². The summed E-state index contributed by atoms with van der Waals surface area (Å²) < 4.78 is 0. The zero-order chi connectivity index (χ0) is 10.7. The molecule has 1 aromatic carbocycles. The lowest BCUT2D eigenvalue weighted by atomic mass is 9.99. The van der Waals surface area contributed by atoms with Crippen LogP contribution in [0, 0.1) is 11.3 Å². The van der Waals surface area contributed by atoms with E-state index in [9.17, 15) is 0 Å². The van der Waals surface area contributed by atoms with Gasteiger partial charge in [-0.05, 0) is 30.4 Å². The van der Waals surface area contributed by atoms with Gasteiger partial charge in [0.25, 0.3) is 0 Å². The average molecular weight is 200 g/mol. The van der Waals surface area contributed by atoms with Gasteiger partial charge < -0.3 is 0 Å². The molecule has 0 radical (unpaired) electrons. The number of hydrogen-bond donors (Lipinski definition) is 1. The van der Waals surface area contributed by atoms with E-state index in [0.717, 1.165) is 12.0 Å². The highest BCUT2D eigenvalue weighted by Crippen LogP contribution is 2.25. The summed E-state index contributed by atoms with van der Waals surface area (Å²) in [6, 6.07) is 11.0. The Labute approximate surface area is 90.9 Å². The number of nitrogens with one attached hydrogen (secondary N) is 1. The van der Waals surface area contributed by atoms with E-state index in [4.69, 9.17) is 5.26 Å². The Hall–Kier alpha value is -1.33. The first-order valence-corrected chi connectivity index (χ1v) is 5.58. The third-order valence-electron chi connectivity index (χ3n) is 2.86. The van der Waals surface area contributed by atoms with Crippen molar-refractivity contribution in [2.24, 2.45) is 0 Å². The molecule has 15 heavy (non-hydrogen) atoms. The second-order valence-electron chi connectivity index (χ2n) is 4.06. The average Bonchev–Trinajstić information content (AvgIpc) is 3.10. The lowest BCUT2D eigenvalue weighted by molar-refractivity contribution is 0.621. The van der Waals surface area contributed by atoms with Gasteiger partial charge in [0.05, 0.1) is 6.07 Å². The Morgan fingerprint density at radius 2 is 2.20 bits per heavy atom. The molecule has 0 amide bonds. The zero-order valence-electron chi connectivity index (χ0n) is 9.03. The molecule has 2 heteroatoms. The van der Waals surface area contributed by atoms with Crippen LogP contribution in [0.1, 0.15) is 36.9 Å². The fraction of sp³-hybridized carbons (Fsp3) is 0.462. The third kappa shape index (κ3) is 2.37. The van der Waals surface area contributed by atoms with Crippen LogP contribution in [0.3, 0.4) is 0 Å². The lowest BCUT2D eigenvalue weighted by Crippen LogP contribution is -2.22. The number of benzene rings is 1. The topological polar surface area (TPSA) is 35.8 Å². The molecule has 1 fully saturated rings. The van der Waals surface area contributed by atoms with Crippen molar-refractivity contribution < 1.29 is 0 Å². The van der Waals surface area contributed by atoms with Crippen molar-refractivity contribution in [2.45, 2.75) is 38.3 Å². The fourth-order valence-electron chi connectivity index (χ4n) is 1.82. The molecule has 1 saturated carbocycles. The standard InChI is InChI=1S/C13H16N2/c1-2-10-5-3-4-6-12(10)13(9-14)15-11-7-8-11/h3-6,11,13,15H,2,7-8H2,1H3. The number of aryl methyl sites for hydroxylation is 1. The Bertz CT molecular complexity index is 374. The van der Waals surface area contributed by atoms with E-state index in [1.165, 1.54) is 18.4 Å². The van der Waals surface area contributed by atoms with E-state index >= 15 is 0 Å². The minimum absolute atomic E-state index is 0.131. The normalized spacial score (nSPS) is 17.1. The largest absolute Gasteiger partial charge is 0.295 e. The highest BCUT2D eigenvalue weighted by molar-refractivity contribution is 5.33. The molecule has 0 saturated heterocycles. The molecule has 1 aliphatic rings. The molecule has 0 heterocycles. The molecule has 0 aliphatic heterocycles. The summed E-state index contributed by atoms with van der Waals surface area (Å²) in [5.41, 5.74) is 2.42. The summed E-state index contributed by atoms with van der Waals surface area (Å²) in [6.07, 6.45) is 3.42. The van der Waals surface area contributed by atoms with Gasteiger partial charge in [0.2, 0.25) is 0 Å². The van der Waals surface area contributed by atoms with Crippen molar-refractivity contribution in [2.75, 3.05) is 0 Å². The predicted octanol–water partition coefficient (Wildman–Crippen LogP) is 2.57. The fourth-order valence-corrected chi connectivity index (χ4v) is 1.82. The zero-order valence-corrected chi connectivity index (χ0v) is 9.03. The summed E-state index contributed by atoms with van der Waals surface area (Å²) in [5.74, 6) is 0. The van der Waals surface area contributed by atoms with Crippen LogP contribution in [0.2, 0.25) is 0 Å². The first-order valence-electron chi connectivity index (χ1n) is 5.58. The van der Waals surface area contributed by atoms with Crippen molar-refractivity contribution in [3.8, 4) is 6.07 Å². The van der Waals surface area contributed by atoms with Gasteiger partial charge in [-0.15, -0.1) is 0 Å². The van der Waals surface area contributed by atoms with Crippen molar-refractivity contribution in [1.82, 2.24) is 5.32 Å². The highest BCUT2D eigenvalue weighted by Gasteiger charge is 2.25. The summed E-state index contributed by atoms with van der Waals surface area (Å²) >= 11 is 0. The van der Waals surface area contributed by atoms with Gasteiger partial charge in [0.15, 0.2) is 0 Å². The maximum absolute atomic E-state index is 9.16. The van der Waals surface area contributed by atoms with Crippen LogP contribution in [0.5, 0.6) is 0 Å². The number of rotatable bonds is 4. The van der Waals surface area contributed by atoms with E-state index in [-0.39, 0.29) is 6.04 Å². The first-order chi connectivity index (χ1) is 7.35. The summed E-state index contributed by atoms with van der Waals surface area (Å²) in [4.78, 5) is 0. The minimum atomic E-state index is -0.131. The summed E-state index contributed by atoms with van der Waals surface area (Å²) in [7, 11) is 0. The predicted molar refractivity (Wildman–Crippen MR) is 60.3 cm³/mol. The van der Waals surface area contributed by atoms with E-state index in [1.54, 1.807) is 0 Å². The molecular formula is C13H16N2. The van der Waals surface area contributed by atoms with Gasteiger partial charge in [-0.3, -0.25) is 5.32 Å². The molecule has 0 bridgehead atoms. The van der Waals surface area contributed by atoms with Gasteiger partial charge in [0, 0.05) is 6.04 Å². The van der Waals surface area contributed by atoms with Gasteiger partial charge in [-0.1, -0.05) is 31.2 Å². The number of nitriles is 1. The quantitative estimate of drug-likeness (QED) is 0.810. The van der Waals surface area contributed by atoms with E-state index < -0.39 is 0 Å². The van der Waals surface area contributed by atoms with Gasteiger partial charge in [0.1, 0.15) is 6.04 Å². The Balaban J connectivity index is 2.20. The smallest absolute Gasteiger partial charge is 0.121 e. The molecule has 1 N–H and O–H groups in total. The Kier molecular flexibility index (Phi) is 3.03. The van der Waals surface area contributed by atoms with E-state index in [0.29, 0.717) is 6.04 Å². The molecule has 1 aliphatic carbocycles. The number of nitrogens with zero attached hydrogens (tertiary/aromatic N) is 1. The Morgan fingerprint density at radius 3 is 2.80 bits per heavy atom. The van der Waals surface area contributed by atoms with E-state index in [2.05, 4.69) is 30.4 Å². The first kappa shape index (κ1) is 10.2. The van der Waals surface area contributed by atoms with Crippen LogP contribution in [0.15, 0.2) is 24.3 Å². The van der Waals surface area contributed by atoms with Crippen molar-refractivity contribution in [3.63, 3.8) is 0 Å². The van der Waals surface area contributed by atoms with Gasteiger partial charge in [-0.2, -0.15) is 5.26 Å². The van der Waals surface area contributed by atoms with Crippen LogP contribution in [0.4, 0.5) is 0 Å². The van der Waals surface area contributed by atoms with Gasteiger partial charge >= 0.3 is 0 Å². The SMILES string of the molecule is CCc1ccccc1C(C#N)NC1CC1. The number of hydrogen-bond acceptors (Lipinski definition) is 2. The van der Waals surface area contributed by atoms with Crippen LogP contribution < -0.4 is 5.32 Å². The van der Waals surface area contributed by atoms with Crippen LogP contribution >= 0.6 is 0 Å². The second-order valence-corrected chi connectivity index (χ2v) is 4.06.